The van der Waals surface area contributed by atoms with Crippen LogP contribution < -0.4 is 5.73 Å². The zero-order chi connectivity index (χ0) is 12.3. The molecule has 1 fully saturated rings. The number of hydrogen-bond donors (Lipinski definition) is 1. The third-order valence-corrected chi connectivity index (χ3v) is 4.46. The highest BCUT2D eigenvalue weighted by Crippen LogP contribution is 2.64. The van der Waals surface area contributed by atoms with E-state index in [-0.39, 0.29) is 10.8 Å². The Labute approximate surface area is 102 Å². The molecule has 1 heterocycles. The molecule has 3 rings (SSSR count). The highest BCUT2D eigenvalue weighted by atomic mass is 15.3. The van der Waals surface area contributed by atoms with Gasteiger partial charge in [-0.25, -0.2) is 0 Å². The molecule has 2 aromatic rings. The number of benzene rings is 1. The molecule has 90 valence electrons. The van der Waals surface area contributed by atoms with Gasteiger partial charge in [-0.2, -0.15) is 5.10 Å². The lowest BCUT2D eigenvalue weighted by Crippen LogP contribution is -2.28. The summed E-state index contributed by atoms with van der Waals surface area (Å²) in [5.74, 6) is 0. The fourth-order valence-corrected chi connectivity index (χ4v) is 3.27. The van der Waals surface area contributed by atoms with Crippen LogP contribution in [0.5, 0.6) is 0 Å². The van der Waals surface area contributed by atoms with Gasteiger partial charge in [0.15, 0.2) is 0 Å². The summed E-state index contributed by atoms with van der Waals surface area (Å²) in [7, 11) is 2.03. The summed E-state index contributed by atoms with van der Waals surface area (Å²) in [6.07, 6.45) is 1.15. The van der Waals surface area contributed by atoms with Crippen LogP contribution >= 0.6 is 0 Å². The molecule has 0 amide bonds. The van der Waals surface area contributed by atoms with Gasteiger partial charge in [-0.3, -0.25) is 4.68 Å². The van der Waals surface area contributed by atoms with Crippen LogP contribution in [0, 0.1) is 5.41 Å². The van der Waals surface area contributed by atoms with E-state index in [1.54, 1.807) is 0 Å². The lowest BCUT2D eigenvalue weighted by molar-refractivity contribution is 0.475. The standard InChI is InChI=1S/C14H19N3/c1-13(2)8-14(13,9-15)12-10-6-4-5-7-11(10)16-17(12)3/h4-7H,8-9,15H2,1-3H3. The highest BCUT2D eigenvalue weighted by molar-refractivity contribution is 5.83. The second-order valence-corrected chi connectivity index (χ2v) is 5.84. The maximum absolute atomic E-state index is 6.05. The van der Waals surface area contributed by atoms with Gasteiger partial charge in [0.25, 0.3) is 0 Å². The van der Waals surface area contributed by atoms with Crippen molar-refractivity contribution in [3.63, 3.8) is 0 Å². The first-order chi connectivity index (χ1) is 8.02. The number of nitrogens with zero attached hydrogens (tertiary/aromatic N) is 2. The SMILES string of the molecule is Cn1nc2ccccc2c1C1(CN)CC1(C)C. The summed E-state index contributed by atoms with van der Waals surface area (Å²) < 4.78 is 2.02. The summed E-state index contributed by atoms with van der Waals surface area (Å²) in [6.45, 7) is 5.28. The number of aryl methyl sites for hydroxylation is 1. The summed E-state index contributed by atoms with van der Waals surface area (Å²) in [5, 5.41) is 5.85. The van der Waals surface area contributed by atoms with Crippen molar-refractivity contribution in [1.82, 2.24) is 9.78 Å². The molecule has 0 radical (unpaired) electrons. The Bertz CT molecular complexity index is 582. The Morgan fingerprint density at radius 3 is 2.59 bits per heavy atom. The minimum Gasteiger partial charge on any atom is -0.330 e. The van der Waals surface area contributed by atoms with Gasteiger partial charge < -0.3 is 5.73 Å². The fraction of sp³-hybridized carbons (Fsp3) is 0.500. The van der Waals surface area contributed by atoms with E-state index in [0.717, 1.165) is 11.9 Å². The number of nitrogens with two attached hydrogens (primary N) is 1. The van der Waals surface area contributed by atoms with Crippen LogP contribution in [-0.2, 0) is 12.5 Å². The van der Waals surface area contributed by atoms with Gasteiger partial charge in [0.05, 0.1) is 11.2 Å². The molecule has 1 aromatic heterocycles. The largest absolute Gasteiger partial charge is 0.330 e. The molecular weight excluding hydrogens is 210 g/mol. The van der Waals surface area contributed by atoms with E-state index in [1.165, 1.54) is 11.1 Å². The number of hydrogen-bond acceptors (Lipinski definition) is 2. The van der Waals surface area contributed by atoms with Crippen molar-refractivity contribution in [1.29, 1.82) is 0 Å². The van der Waals surface area contributed by atoms with Crippen LogP contribution in [0.3, 0.4) is 0 Å². The predicted molar refractivity (Wildman–Crippen MR) is 69.8 cm³/mol. The molecule has 3 nitrogen and oxygen atoms in total. The molecule has 0 aliphatic heterocycles. The molecule has 3 heteroatoms. The van der Waals surface area contributed by atoms with Crippen molar-refractivity contribution < 1.29 is 0 Å². The average molecular weight is 229 g/mol. The van der Waals surface area contributed by atoms with Gasteiger partial charge >= 0.3 is 0 Å². The predicted octanol–water partition coefficient (Wildman–Crippen LogP) is 2.20. The lowest BCUT2D eigenvalue weighted by atomic mass is 9.90. The minimum absolute atomic E-state index is 0.109. The molecule has 17 heavy (non-hydrogen) atoms. The first-order valence-corrected chi connectivity index (χ1v) is 6.14. The summed E-state index contributed by atoms with van der Waals surface area (Å²) in [6, 6.07) is 8.33. The third kappa shape index (κ3) is 1.23. The third-order valence-electron chi connectivity index (χ3n) is 4.46. The van der Waals surface area contributed by atoms with Crippen LogP contribution in [0.15, 0.2) is 24.3 Å². The number of rotatable bonds is 2. The summed E-state index contributed by atoms with van der Waals surface area (Å²) in [5.41, 5.74) is 8.83. The topological polar surface area (TPSA) is 43.8 Å². The van der Waals surface area contributed by atoms with Crippen molar-refractivity contribution in [2.45, 2.75) is 25.7 Å². The number of aromatic nitrogens is 2. The Hall–Kier alpha value is -1.35. The Balaban J connectivity index is 2.28. The van der Waals surface area contributed by atoms with E-state index in [4.69, 9.17) is 5.73 Å². The van der Waals surface area contributed by atoms with E-state index in [2.05, 4.69) is 37.1 Å². The van der Waals surface area contributed by atoms with Crippen molar-refractivity contribution in [2.75, 3.05) is 6.54 Å². The van der Waals surface area contributed by atoms with Gasteiger partial charge in [-0.05, 0) is 17.9 Å². The van der Waals surface area contributed by atoms with E-state index in [0.29, 0.717) is 6.54 Å². The second-order valence-electron chi connectivity index (χ2n) is 5.84. The zero-order valence-corrected chi connectivity index (χ0v) is 10.7. The Morgan fingerprint density at radius 2 is 2.00 bits per heavy atom. The maximum atomic E-state index is 6.05. The smallest absolute Gasteiger partial charge is 0.0926 e. The van der Waals surface area contributed by atoms with Gasteiger partial charge in [0.2, 0.25) is 0 Å². The van der Waals surface area contributed by atoms with Crippen LogP contribution in [0.1, 0.15) is 26.0 Å². The molecule has 1 aliphatic rings. The molecular formula is C14H19N3. The first kappa shape index (κ1) is 10.8. The molecule has 1 saturated carbocycles. The van der Waals surface area contributed by atoms with Crippen LogP contribution in [0.25, 0.3) is 10.9 Å². The highest BCUT2D eigenvalue weighted by Gasteiger charge is 2.63. The van der Waals surface area contributed by atoms with Crippen LogP contribution in [0.4, 0.5) is 0 Å². The van der Waals surface area contributed by atoms with Crippen molar-refractivity contribution in [3.05, 3.63) is 30.0 Å². The molecule has 1 aliphatic carbocycles. The molecule has 1 atom stereocenters. The monoisotopic (exact) mass is 229 g/mol. The van der Waals surface area contributed by atoms with Gasteiger partial charge in [0, 0.05) is 24.4 Å². The van der Waals surface area contributed by atoms with E-state index >= 15 is 0 Å². The second kappa shape index (κ2) is 3.10. The zero-order valence-electron chi connectivity index (χ0n) is 10.7. The number of fused-ring (bicyclic) bond motifs is 1. The van der Waals surface area contributed by atoms with Crippen LogP contribution in [-0.4, -0.2) is 16.3 Å². The van der Waals surface area contributed by atoms with Gasteiger partial charge in [-0.15, -0.1) is 0 Å². The van der Waals surface area contributed by atoms with Gasteiger partial charge in [-0.1, -0.05) is 32.0 Å². The molecule has 1 unspecified atom stereocenters. The molecule has 0 spiro atoms. The van der Waals surface area contributed by atoms with E-state index < -0.39 is 0 Å². The van der Waals surface area contributed by atoms with Crippen LogP contribution in [0.2, 0.25) is 0 Å². The molecule has 0 saturated heterocycles. The molecule has 0 bridgehead atoms. The summed E-state index contributed by atoms with van der Waals surface area (Å²) >= 11 is 0. The lowest BCUT2D eigenvalue weighted by Gasteiger charge is -2.19. The van der Waals surface area contributed by atoms with Crippen molar-refractivity contribution >= 4 is 10.9 Å². The average Bonchev–Trinajstić information content (AvgIpc) is 2.68. The fourth-order valence-electron chi connectivity index (χ4n) is 3.27. The normalized spacial score (nSPS) is 26.4. The van der Waals surface area contributed by atoms with E-state index in [9.17, 15) is 0 Å². The van der Waals surface area contributed by atoms with Crippen molar-refractivity contribution in [2.24, 2.45) is 18.2 Å². The quantitative estimate of drug-likeness (QED) is 0.858. The Morgan fingerprint density at radius 1 is 1.35 bits per heavy atom. The first-order valence-electron chi connectivity index (χ1n) is 6.14. The summed E-state index contributed by atoms with van der Waals surface area (Å²) in [4.78, 5) is 0. The maximum Gasteiger partial charge on any atom is 0.0926 e. The molecule has 2 N–H and O–H groups in total. The minimum atomic E-state index is 0.109. The van der Waals surface area contributed by atoms with Crippen molar-refractivity contribution in [3.8, 4) is 0 Å². The van der Waals surface area contributed by atoms with Gasteiger partial charge in [0.1, 0.15) is 0 Å². The molecule has 1 aromatic carbocycles. The van der Waals surface area contributed by atoms with E-state index in [1.807, 2.05) is 17.8 Å². The Kier molecular flexibility index (Phi) is 1.97.